The third kappa shape index (κ3) is 4.65. The Labute approximate surface area is 129 Å². The zero-order chi connectivity index (χ0) is 15.9. The second-order valence-corrected chi connectivity index (χ2v) is 5.39. The molecule has 6 heteroatoms. The largest absolute Gasteiger partial charge is 0.497 e. The SMILES string of the molecule is COc1cccc(OCC(=O)N2CCC(CC(=O)O)CC2)c1. The number of aliphatic carboxylic acids is 1. The number of hydrogen-bond donors (Lipinski definition) is 1. The number of benzene rings is 1. The highest BCUT2D eigenvalue weighted by Gasteiger charge is 2.24. The van der Waals surface area contributed by atoms with Crippen molar-refractivity contribution in [2.75, 3.05) is 26.8 Å². The van der Waals surface area contributed by atoms with E-state index >= 15 is 0 Å². The van der Waals surface area contributed by atoms with Crippen molar-refractivity contribution < 1.29 is 24.2 Å². The van der Waals surface area contributed by atoms with E-state index in [2.05, 4.69) is 0 Å². The fourth-order valence-electron chi connectivity index (χ4n) is 2.56. The number of hydrogen-bond acceptors (Lipinski definition) is 4. The minimum atomic E-state index is -0.772. The van der Waals surface area contributed by atoms with E-state index in [9.17, 15) is 9.59 Å². The van der Waals surface area contributed by atoms with Gasteiger partial charge in [-0.15, -0.1) is 0 Å². The van der Waals surface area contributed by atoms with Crippen LogP contribution in [0, 0.1) is 5.92 Å². The summed E-state index contributed by atoms with van der Waals surface area (Å²) in [5.74, 6) is 0.594. The topological polar surface area (TPSA) is 76.1 Å². The van der Waals surface area contributed by atoms with Gasteiger partial charge in [0, 0.05) is 25.6 Å². The summed E-state index contributed by atoms with van der Waals surface area (Å²) in [5.41, 5.74) is 0. The number of rotatable bonds is 6. The number of amides is 1. The lowest BCUT2D eigenvalue weighted by molar-refractivity contribution is -0.139. The predicted molar refractivity (Wildman–Crippen MR) is 80.0 cm³/mol. The van der Waals surface area contributed by atoms with Crippen molar-refractivity contribution in [3.63, 3.8) is 0 Å². The van der Waals surface area contributed by atoms with Gasteiger partial charge < -0.3 is 19.5 Å². The standard InChI is InChI=1S/C16H21NO5/c1-21-13-3-2-4-14(10-13)22-11-15(18)17-7-5-12(6-8-17)9-16(19)20/h2-4,10,12H,5-9,11H2,1H3,(H,19,20). The second-order valence-electron chi connectivity index (χ2n) is 5.39. The van der Waals surface area contributed by atoms with Crippen molar-refractivity contribution in [3.05, 3.63) is 24.3 Å². The molecule has 0 saturated carbocycles. The van der Waals surface area contributed by atoms with Crippen LogP contribution in [0.4, 0.5) is 0 Å². The van der Waals surface area contributed by atoms with Crippen LogP contribution in [0.5, 0.6) is 11.5 Å². The molecular formula is C16H21NO5. The van der Waals surface area contributed by atoms with Gasteiger partial charge >= 0.3 is 5.97 Å². The Bertz CT molecular complexity index is 523. The first-order valence-electron chi connectivity index (χ1n) is 7.35. The van der Waals surface area contributed by atoms with Crippen LogP contribution in [0.1, 0.15) is 19.3 Å². The zero-order valence-corrected chi connectivity index (χ0v) is 12.7. The molecule has 1 N–H and O–H groups in total. The van der Waals surface area contributed by atoms with Crippen LogP contribution in [0.2, 0.25) is 0 Å². The molecule has 1 aliphatic rings. The summed E-state index contributed by atoms with van der Waals surface area (Å²) in [7, 11) is 1.57. The van der Waals surface area contributed by atoms with Crippen molar-refractivity contribution in [3.8, 4) is 11.5 Å². The molecule has 0 aromatic heterocycles. The number of ether oxygens (including phenoxy) is 2. The number of carbonyl (C=O) groups is 2. The maximum absolute atomic E-state index is 12.1. The summed E-state index contributed by atoms with van der Waals surface area (Å²) in [6.07, 6.45) is 1.65. The number of carboxylic acids is 1. The number of likely N-dealkylation sites (tertiary alicyclic amines) is 1. The lowest BCUT2D eigenvalue weighted by atomic mass is 9.94. The van der Waals surface area contributed by atoms with E-state index in [0.717, 1.165) is 12.8 Å². The van der Waals surface area contributed by atoms with Gasteiger partial charge in [0.05, 0.1) is 7.11 Å². The molecular weight excluding hydrogens is 286 g/mol. The minimum Gasteiger partial charge on any atom is -0.497 e. The molecule has 1 fully saturated rings. The lowest BCUT2D eigenvalue weighted by Gasteiger charge is -2.31. The van der Waals surface area contributed by atoms with Crippen LogP contribution in [0.15, 0.2) is 24.3 Å². The van der Waals surface area contributed by atoms with Gasteiger partial charge in [0.15, 0.2) is 6.61 Å². The Morgan fingerprint density at radius 2 is 1.95 bits per heavy atom. The fraction of sp³-hybridized carbons (Fsp3) is 0.500. The van der Waals surface area contributed by atoms with Crippen LogP contribution in [-0.2, 0) is 9.59 Å². The van der Waals surface area contributed by atoms with Crippen molar-refractivity contribution >= 4 is 11.9 Å². The van der Waals surface area contributed by atoms with Crippen LogP contribution >= 0.6 is 0 Å². The molecule has 1 amide bonds. The smallest absolute Gasteiger partial charge is 0.303 e. The third-order valence-corrected chi connectivity index (χ3v) is 3.83. The van der Waals surface area contributed by atoms with Gasteiger partial charge in [-0.2, -0.15) is 0 Å². The van der Waals surface area contributed by atoms with Gasteiger partial charge in [0.1, 0.15) is 11.5 Å². The van der Waals surface area contributed by atoms with Crippen molar-refractivity contribution in [1.82, 2.24) is 4.90 Å². The second kappa shape index (κ2) is 7.68. The summed E-state index contributed by atoms with van der Waals surface area (Å²) < 4.78 is 10.6. The van der Waals surface area contributed by atoms with E-state index in [1.807, 2.05) is 6.07 Å². The Hall–Kier alpha value is -2.24. The highest BCUT2D eigenvalue weighted by atomic mass is 16.5. The number of carboxylic acid groups (broad SMARTS) is 1. The molecule has 1 aromatic carbocycles. The quantitative estimate of drug-likeness (QED) is 0.867. The van der Waals surface area contributed by atoms with Gasteiger partial charge in [0.25, 0.3) is 5.91 Å². The van der Waals surface area contributed by atoms with Crippen LogP contribution in [-0.4, -0.2) is 48.7 Å². The number of piperidine rings is 1. The Kier molecular flexibility index (Phi) is 5.63. The highest BCUT2D eigenvalue weighted by Crippen LogP contribution is 2.21. The average Bonchev–Trinajstić information content (AvgIpc) is 2.53. The van der Waals surface area contributed by atoms with E-state index in [0.29, 0.717) is 24.6 Å². The summed E-state index contributed by atoms with van der Waals surface area (Å²) >= 11 is 0. The van der Waals surface area contributed by atoms with Crippen molar-refractivity contribution in [2.45, 2.75) is 19.3 Å². The molecule has 1 aromatic rings. The molecule has 0 unspecified atom stereocenters. The first kappa shape index (κ1) is 16.1. The van der Waals surface area contributed by atoms with E-state index < -0.39 is 5.97 Å². The molecule has 1 aliphatic heterocycles. The molecule has 0 radical (unpaired) electrons. The molecule has 0 spiro atoms. The maximum Gasteiger partial charge on any atom is 0.303 e. The Morgan fingerprint density at radius 3 is 2.59 bits per heavy atom. The van der Waals surface area contributed by atoms with E-state index in [1.165, 1.54) is 0 Å². The lowest BCUT2D eigenvalue weighted by Crippen LogP contribution is -2.41. The van der Waals surface area contributed by atoms with Crippen LogP contribution in [0.25, 0.3) is 0 Å². The Balaban J connectivity index is 1.77. The monoisotopic (exact) mass is 307 g/mol. The van der Waals surface area contributed by atoms with Crippen LogP contribution in [0.3, 0.4) is 0 Å². The fourth-order valence-corrected chi connectivity index (χ4v) is 2.56. The molecule has 22 heavy (non-hydrogen) atoms. The van der Waals surface area contributed by atoms with Gasteiger partial charge in [-0.1, -0.05) is 6.07 Å². The Morgan fingerprint density at radius 1 is 1.27 bits per heavy atom. The van der Waals surface area contributed by atoms with Gasteiger partial charge in [-0.05, 0) is 30.9 Å². The maximum atomic E-state index is 12.1. The summed E-state index contributed by atoms with van der Waals surface area (Å²) in [6, 6.07) is 7.11. The first-order valence-corrected chi connectivity index (χ1v) is 7.35. The number of carbonyl (C=O) groups excluding carboxylic acids is 1. The normalized spacial score (nSPS) is 15.4. The van der Waals surface area contributed by atoms with E-state index in [-0.39, 0.29) is 24.9 Å². The van der Waals surface area contributed by atoms with E-state index in [4.69, 9.17) is 14.6 Å². The molecule has 1 heterocycles. The van der Waals surface area contributed by atoms with Gasteiger partial charge in [-0.25, -0.2) is 0 Å². The predicted octanol–water partition coefficient (Wildman–Crippen LogP) is 1.79. The molecule has 2 rings (SSSR count). The van der Waals surface area contributed by atoms with Crippen molar-refractivity contribution in [1.29, 1.82) is 0 Å². The van der Waals surface area contributed by atoms with Crippen LogP contribution < -0.4 is 9.47 Å². The molecule has 120 valence electrons. The molecule has 6 nitrogen and oxygen atoms in total. The van der Waals surface area contributed by atoms with Gasteiger partial charge in [0.2, 0.25) is 0 Å². The molecule has 0 bridgehead atoms. The number of nitrogens with zero attached hydrogens (tertiary/aromatic N) is 1. The van der Waals surface area contributed by atoms with Crippen molar-refractivity contribution in [2.24, 2.45) is 5.92 Å². The first-order chi connectivity index (χ1) is 10.6. The highest BCUT2D eigenvalue weighted by molar-refractivity contribution is 5.78. The van der Waals surface area contributed by atoms with Gasteiger partial charge in [-0.3, -0.25) is 9.59 Å². The summed E-state index contributed by atoms with van der Waals surface area (Å²) in [6.45, 7) is 1.17. The average molecular weight is 307 g/mol. The number of methoxy groups -OCH3 is 1. The zero-order valence-electron chi connectivity index (χ0n) is 12.7. The summed E-state index contributed by atoms with van der Waals surface area (Å²) in [4.78, 5) is 24.5. The van der Waals surface area contributed by atoms with E-state index in [1.54, 1.807) is 30.2 Å². The molecule has 0 aliphatic carbocycles. The molecule has 0 atom stereocenters. The summed E-state index contributed by atoms with van der Waals surface area (Å²) in [5, 5.41) is 8.78. The molecule has 1 saturated heterocycles. The minimum absolute atomic E-state index is 0.0171. The third-order valence-electron chi connectivity index (χ3n) is 3.83.